The predicted octanol–water partition coefficient (Wildman–Crippen LogP) is -0.201. The van der Waals surface area contributed by atoms with Gasteiger partial charge in [-0.25, -0.2) is 0 Å². The second kappa shape index (κ2) is 5.88. The van der Waals surface area contributed by atoms with Gasteiger partial charge in [-0.3, -0.25) is 0 Å². The van der Waals surface area contributed by atoms with E-state index in [-0.39, 0.29) is 0 Å². The van der Waals surface area contributed by atoms with Gasteiger partial charge in [0.2, 0.25) is 0 Å². The molecule has 0 fully saturated rings. The first-order valence-corrected chi connectivity index (χ1v) is 2.03. The van der Waals surface area contributed by atoms with E-state index >= 15 is 0 Å². The van der Waals surface area contributed by atoms with Crippen LogP contribution in [0.4, 0.5) is 0 Å². The average Bonchev–Trinajstić information content (AvgIpc) is 1.69. The molecule has 0 aliphatic carbocycles. The molecule has 0 amide bonds. The molecule has 0 saturated heterocycles. The zero-order valence-corrected chi connectivity index (χ0v) is 4.68. The molecule has 0 bridgehead atoms. The molecule has 0 aromatic carbocycles. The number of rotatable bonds is 4. The van der Waals surface area contributed by atoms with Crippen molar-refractivity contribution in [2.45, 2.75) is 0 Å². The normalized spacial score (nSPS) is 9.43. The Bertz CT molecular complexity index is 28.9. The Kier molecular flexibility index (Phi) is 5.78. The molecule has 0 spiro atoms. The molecule has 3 nitrogen and oxygen atoms in total. The van der Waals surface area contributed by atoms with Crippen molar-refractivity contribution < 1.29 is 9.47 Å². The van der Waals surface area contributed by atoms with Gasteiger partial charge in [-0.05, 0) is 0 Å². The maximum Gasteiger partial charge on any atom is 0.114 e. The van der Waals surface area contributed by atoms with Gasteiger partial charge in [0.05, 0.1) is 0 Å². The fourth-order valence-electron chi connectivity index (χ4n) is 0.220. The molecule has 0 aliphatic heterocycles. The van der Waals surface area contributed by atoms with Crippen molar-refractivity contribution in [1.29, 1.82) is 0 Å². The van der Waals surface area contributed by atoms with Crippen LogP contribution in [0.5, 0.6) is 0 Å². The number of hydrogen-bond donors (Lipinski definition) is 0. The summed E-state index contributed by atoms with van der Waals surface area (Å²) in [7, 11) is 3.19. The first-order valence-electron chi connectivity index (χ1n) is 2.03. The van der Waals surface area contributed by atoms with Crippen LogP contribution in [0, 0.1) is 0 Å². The summed E-state index contributed by atoms with van der Waals surface area (Å²) in [6, 6.07) is 0. The van der Waals surface area contributed by atoms with Gasteiger partial charge in [0, 0.05) is 14.2 Å². The number of nitrogens with zero attached hydrogens (tertiary/aromatic N) is 1. The Hall–Kier alpha value is -0.120. The smallest absolute Gasteiger partial charge is 0.114 e. The highest BCUT2D eigenvalue weighted by molar-refractivity contribution is 4.16. The maximum absolute atomic E-state index is 4.60. The van der Waals surface area contributed by atoms with E-state index < -0.39 is 0 Å². The third-order valence-electron chi connectivity index (χ3n) is 0.441. The molecule has 0 unspecified atom stereocenters. The van der Waals surface area contributed by atoms with Crippen molar-refractivity contribution in [3.63, 3.8) is 0 Å². The molecule has 0 N–H and O–H groups in total. The number of methoxy groups -OCH3 is 2. The van der Waals surface area contributed by atoms with Crippen LogP contribution in [0.15, 0.2) is 0 Å². The lowest BCUT2D eigenvalue weighted by Gasteiger charge is -1.95. The highest BCUT2D eigenvalue weighted by Crippen LogP contribution is 1.63. The molecular formula is C4H10NO2. The van der Waals surface area contributed by atoms with Crippen molar-refractivity contribution in [3.8, 4) is 0 Å². The fraction of sp³-hybridized carbons (Fsp3) is 1.00. The van der Waals surface area contributed by atoms with Gasteiger partial charge < -0.3 is 9.47 Å². The van der Waals surface area contributed by atoms with Crippen LogP contribution in [0.3, 0.4) is 0 Å². The largest absolute Gasteiger partial charge is 0.368 e. The van der Waals surface area contributed by atoms with Crippen molar-refractivity contribution in [2.24, 2.45) is 0 Å². The molecule has 0 rings (SSSR count). The van der Waals surface area contributed by atoms with Crippen LogP contribution in [-0.4, -0.2) is 27.7 Å². The van der Waals surface area contributed by atoms with Crippen molar-refractivity contribution >= 4 is 0 Å². The summed E-state index contributed by atoms with van der Waals surface area (Å²) in [5.74, 6) is 0. The quantitative estimate of drug-likeness (QED) is 0.462. The molecule has 7 heavy (non-hydrogen) atoms. The molecular weight excluding hydrogens is 94.0 g/mol. The number of hydrogen-bond acceptors (Lipinski definition) is 2. The highest BCUT2D eigenvalue weighted by Gasteiger charge is 1.78. The van der Waals surface area contributed by atoms with E-state index in [4.69, 9.17) is 0 Å². The summed E-state index contributed by atoms with van der Waals surface area (Å²) in [6.45, 7) is 0.849. The van der Waals surface area contributed by atoms with Gasteiger partial charge in [-0.1, -0.05) is 0 Å². The van der Waals surface area contributed by atoms with Crippen molar-refractivity contribution in [2.75, 3.05) is 27.7 Å². The molecule has 0 aromatic heterocycles. The standard InChI is InChI=1S/C4H10NO2/c1-6-3-5-4-7-2/h3-4H2,1-2H3. The summed E-state index contributed by atoms with van der Waals surface area (Å²) < 4.78 is 9.19. The van der Waals surface area contributed by atoms with Crippen LogP contribution in [0.25, 0.3) is 0 Å². The molecule has 0 heterocycles. The van der Waals surface area contributed by atoms with E-state index in [0.717, 1.165) is 0 Å². The maximum atomic E-state index is 4.60. The van der Waals surface area contributed by atoms with E-state index in [2.05, 4.69) is 14.8 Å². The van der Waals surface area contributed by atoms with E-state index in [1.54, 1.807) is 14.2 Å². The van der Waals surface area contributed by atoms with E-state index in [9.17, 15) is 0 Å². The lowest BCUT2D eigenvalue weighted by molar-refractivity contribution is 0.106. The van der Waals surface area contributed by atoms with Gasteiger partial charge in [0.25, 0.3) is 0 Å². The summed E-state index contributed by atoms with van der Waals surface area (Å²) >= 11 is 0. The first kappa shape index (κ1) is 6.88. The summed E-state index contributed by atoms with van der Waals surface area (Å²) in [5.41, 5.74) is 0. The zero-order valence-electron chi connectivity index (χ0n) is 4.68. The van der Waals surface area contributed by atoms with Crippen molar-refractivity contribution in [3.05, 3.63) is 0 Å². The fourth-order valence-corrected chi connectivity index (χ4v) is 0.220. The molecule has 1 radical (unpaired) electrons. The lowest BCUT2D eigenvalue weighted by atomic mass is 11.1. The Morgan fingerprint density at radius 3 is 1.86 bits per heavy atom. The van der Waals surface area contributed by atoms with Gasteiger partial charge in [-0.15, -0.1) is 0 Å². The van der Waals surface area contributed by atoms with Gasteiger partial charge in [-0.2, -0.15) is 5.32 Å². The minimum atomic E-state index is 0.424. The van der Waals surface area contributed by atoms with E-state index in [1.807, 2.05) is 0 Å². The summed E-state index contributed by atoms with van der Waals surface area (Å²) in [4.78, 5) is 0. The number of ether oxygens (including phenoxy) is 2. The van der Waals surface area contributed by atoms with Crippen LogP contribution in [-0.2, 0) is 9.47 Å². The molecule has 0 saturated carbocycles. The minimum Gasteiger partial charge on any atom is -0.368 e. The Balaban J connectivity index is 2.45. The van der Waals surface area contributed by atoms with Gasteiger partial charge in [0.15, 0.2) is 0 Å². The molecule has 43 valence electrons. The Labute approximate surface area is 43.6 Å². The van der Waals surface area contributed by atoms with Crippen LogP contribution < -0.4 is 5.32 Å². The van der Waals surface area contributed by atoms with Crippen molar-refractivity contribution in [1.82, 2.24) is 5.32 Å². The van der Waals surface area contributed by atoms with Gasteiger partial charge >= 0.3 is 0 Å². The summed E-state index contributed by atoms with van der Waals surface area (Å²) in [5, 5.41) is 3.76. The predicted molar refractivity (Wildman–Crippen MR) is 25.9 cm³/mol. The zero-order chi connectivity index (χ0) is 5.54. The Morgan fingerprint density at radius 2 is 1.57 bits per heavy atom. The van der Waals surface area contributed by atoms with E-state index in [1.165, 1.54) is 0 Å². The van der Waals surface area contributed by atoms with Crippen LogP contribution >= 0.6 is 0 Å². The minimum absolute atomic E-state index is 0.424. The Morgan fingerprint density at radius 1 is 1.14 bits per heavy atom. The third-order valence-corrected chi connectivity index (χ3v) is 0.441. The topological polar surface area (TPSA) is 32.6 Å². The molecule has 0 aromatic rings. The molecule has 0 atom stereocenters. The highest BCUT2D eigenvalue weighted by atomic mass is 16.5. The second-order valence-corrected chi connectivity index (χ2v) is 1.06. The average molecular weight is 104 g/mol. The van der Waals surface area contributed by atoms with Crippen LogP contribution in [0.2, 0.25) is 0 Å². The molecule has 3 heteroatoms. The monoisotopic (exact) mass is 104 g/mol. The second-order valence-electron chi connectivity index (χ2n) is 1.06. The SMILES string of the molecule is COC[N]COC. The van der Waals surface area contributed by atoms with E-state index in [0.29, 0.717) is 13.5 Å². The third kappa shape index (κ3) is 5.88. The van der Waals surface area contributed by atoms with Crippen LogP contribution in [0.1, 0.15) is 0 Å². The molecule has 0 aliphatic rings. The van der Waals surface area contributed by atoms with Gasteiger partial charge in [0.1, 0.15) is 13.5 Å². The summed E-state index contributed by atoms with van der Waals surface area (Å²) in [6.07, 6.45) is 0. The first-order chi connectivity index (χ1) is 3.41. The lowest BCUT2D eigenvalue weighted by Crippen LogP contribution is -2.10.